The molecule has 6 nitrogen and oxygen atoms in total. The first kappa shape index (κ1) is 17.3. The van der Waals surface area contributed by atoms with Crippen LogP contribution in [0, 0.1) is 5.92 Å². The lowest BCUT2D eigenvalue weighted by molar-refractivity contribution is -0.143. The lowest BCUT2D eigenvalue weighted by atomic mass is 9.91. The van der Waals surface area contributed by atoms with Crippen LogP contribution in [0.2, 0.25) is 0 Å². The minimum Gasteiger partial charge on any atom is -0.469 e. The van der Waals surface area contributed by atoms with Gasteiger partial charge < -0.3 is 19.5 Å². The molecule has 1 aromatic carbocycles. The summed E-state index contributed by atoms with van der Waals surface area (Å²) in [5.74, 6) is -0.576. The van der Waals surface area contributed by atoms with E-state index in [1.165, 1.54) is 7.11 Å². The predicted molar refractivity (Wildman–Crippen MR) is 83.6 cm³/mol. The van der Waals surface area contributed by atoms with Gasteiger partial charge in [-0.05, 0) is 18.4 Å². The third-order valence-corrected chi connectivity index (χ3v) is 4.07. The topological polar surface area (TPSA) is 76.1 Å². The van der Waals surface area contributed by atoms with E-state index in [1.807, 2.05) is 30.3 Å². The lowest BCUT2D eigenvalue weighted by Crippen LogP contribution is -2.44. The lowest BCUT2D eigenvalue weighted by Gasteiger charge is -2.34. The third kappa shape index (κ3) is 5.25. The normalized spacial score (nSPS) is 19.0. The quantitative estimate of drug-likeness (QED) is 0.839. The summed E-state index contributed by atoms with van der Waals surface area (Å²) < 4.78 is 9.88. The van der Waals surface area contributed by atoms with Crippen molar-refractivity contribution in [3.8, 4) is 0 Å². The second kappa shape index (κ2) is 8.53. The maximum absolute atomic E-state index is 12.1. The van der Waals surface area contributed by atoms with Crippen LogP contribution in [0.3, 0.4) is 0 Å². The van der Waals surface area contributed by atoms with Gasteiger partial charge in [-0.2, -0.15) is 0 Å². The molecule has 1 fully saturated rings. The minimum atomic E-state index is -0.799. The number of aliphatic hydroxyl groups is 1. The molecule has 1 aromatic rings. The first-order valence-corrected chi connectivity index (χ1v) is 7.80. The number of ether oxygens (including phenoxy) is 2. The second-order valence-electron chi connectivity index (χ2n) is 5.74. The molecule has 0 unspecified atom stereocenters. The molecule has 23 heavy (non-hydrogen) atoms. The Hall–Kier alpha value is -2.08. The summed E-state index contributed by atoms with van der Waals surface area (Å²) >= 11 is 0. The average molecular weight is 321 g/mol. The van der Waals surface area contributed by atoms with Crippen molar-refractivity contribution in [1.29, 1.82) is 0 Å². The van der Waals surface area contributed by atoms with Crippen molar-refractivity contribution < 1.29 is 24.2 Å². The molecule has 1 aliphatic heterocycles. The van der Waals surface area contributed by atoms with Gasteiger partial charge in [-0.25, -0.2) is 4.79 Å². The Bertz CT molecular complexity index is 519. The number of benzene rings is 1. The van der Waals surface area contributed by atoms with E-state index < -0.39 is 12.1 Å². The van der Waals surface area contributed by atoms with E-state index in [2.05, 4.69) is 4.74 Å². The van der Waals surface area contributed by atoms with Gasteiger partial charge >= 0.3 is 12.1 Å². The van der Waals surface area contributed by atoms with Gasteiger partial charge in [0.25, 0.3) is 0 Å². The van der Waals surface area contributed by atoms with Gasteiger partial charge in [0.1, 0.15) is 6.61 Å². The number of piperidine rings is 1. The monoisotopic (exact) mass is 321 g/mol. The van der Waals surface area contributed by atoms with Crippen LogP contribution in [0.4, 0.5) is 4.79 Å². The van der Waals surface area contributed by atoms with Crippen LogP contribution < -0.4 is 0 Å². The Morgan fingerprint density at radius 2 is 2.09 bits per heavy atom. The Balaban J connectivity index is 1.82. The Labute approximate surface area is 136 Å². The number of hydrogen-bond acceptors (Lipinski definition) is 5. The standard InChI is InChI=1S/C17H23NO5/c1-22-16(20)10-15(19)14-8-5-9-18(11-14)17(21)23-12-13-6-3-2-4-7-13/h2-4,6-7,14-15,19H,5,8-12H2,1H3/t14-,15-/m1/s1. The van der Waals surface area contributed by atoms with Gasteiger partial charge in [0, 0.05) is 19.0 Å². The number of likely N-dealkylation sites (tertiary alicyclic amines) is 1. The summed E-state index contributed by atoms with van der Waals surface area (Å²) in [7, 11) is 1.29. The fourth-order valence-electron chi connectivity index (χ4n) is 2.72. The van der Waals surface area contributed by atoms with E-state index in [0.717, 1.165) is 18.4 Å². The predicted octanol–water partition coefficient (Wildman–Crippen LogP) is 1.96. The number of carbonyl (C=O) groups is 2. The summed E-state index contributed by atoms with van der Waals surface area (Å²) in [6, 6.07) is 9.48. The zero-order valence-corrected chi connectivity index (χ0v) is 13.3. The zero-order valence-electron chi connectivity index (χ0n) is 13.3. The van der Waals surface area contributed by atoms with Crippen LogP contribution >= 0.6 is 0 Å². The summed E-state index contributed by atoms with van der Waals surface area (Å²) in [4.78, 5) is 25.0. The molecule has 126 valence electrons. The van der Waals surface area contributed by atoms with E-state index in [1.54, 1.807) is 4.90 Å². The van der Waals surface area contributed by atoms with Crippen LogP contribution in [-0.2, 0) is 20.9 Å². The third-order valence-electron chi connectivity index (χ3n) is 4.07. The molecule has 0 saturated carbocycles. The summed E-state index contributed by atoms with van der Waals surface area (Å²) in [5.41, 5.74) is 0.931. The highest BCUT2D eigenvalue weighted by Gasteiger charge is 2.30. The Morgan fingerprint density at radius 1 is 1.35 bits per heavy atom. The summed E-state index contributed by atoms with van der Waals surface area (Å²) in [6.07, 6.45) is 0.328. The molecule has 1 N–H and O–H groups in total. The molecule has 0 radical (unpaired) electrons. The minimum absolute atomic E-state index is 0.0475. The fourth-order valence-corrected chi connectivity index (χ4v) is 2.72. The number of carbonyl (C=O) groups excluding carboxylic acids is 2. The molecule has 0 bridgehead atoms. The van der Waals surface area contributed by atoms with E-state index in [9.17, 15) is 14.7 Å². The van der Waals surface area contributed by atoms with E-state index in [4.69, 9.17) is 4.74 Å². The maximum Gasteiger partial charge on any atom is 0.410 e. The van der Waals surface area contributed by atoms with Crippen LogP contribution in [0.5, 0.6) is 0 Å². The fraction of sp³-hybridized carbons (Fsp3) is 0.529. The molecule has 2 rings (SSSR count). The molecule has 2 atom stereocenters. The van der Waals surface area contributed by atoms with Crippen molar-refractivity contribution in [2.45, 2.75) is 32.0 Å². The number of aliphatic hydroxyl groups excluding tert-OH is 1. The van der Waals surface area contributed by atoms with Crippen LogP contribution in [-0.4, -0.2) is 48.4 Å². The first-order valence-electron chi connectivity index (χ1n) is 7.80. The number of nitrogens with zero attached hydrogens (tertiary/aromatic N) is 1. The molecule has 6 heteroatoms. The van der Waals surface area contributed by atoms with Gasteiger partial charge in [-0.15, -0.1) is 0 Å². The molecule has 0 aromatic heterocycles. The van der Waals surface area contributed by atoms with Crippen LogP contribution in [0.1, 0.15) is 24.8 Å². The molecular formula is C17H23NO5. The number of esters is 1. The molecule has 0 spiro atoms. The molecule has 0 aliphatic carbocycles. The summed E-state index contributed by atoms with van der Waals surface area (Å²) in [6.45, 7) is 1.23. The van der Waals surface area contributed by atoms with Crippen molar-refractivity contribution in [1.82, 2.24) is 4.90 Å². The van der Waals surface area contributed by atoms with Crippen LogP contribution in [0.15, 0.2) is 30.3 Å². The highest BCUT2D eigenvalue weighted by molar-refractivity contribution is 5.70. The number of hydrogen-bond donors (Lipinski definition) is 1. The maximum atomic E-state index is 12.1. The molecule has 1 saturated heterocycles. The van der Waals surface area contributed by atoms with E-state index >= 15 is 0 Å². The molecule has 1 heterocycles. The van der Waals surface area contributed by atoms with Crippen molar-refractivity contribution in [3.63, 3.8) is 0 Å². The van der Waals surface area contributed by atoms with E-state index in [-0.39, 0.29) is 25.0 Å². The van der Waals surface area contributed by atoms with Crippen molar-refractivity contribution >= 4 is 12.1 Å². The number of amides is 1. The first-order chi connectivity index (χ1) is 11.1. The molecule has 1 aliphatic rings. The Kier molecular flexibility index (Phi) is 6.40. The van der Waals surface area contributed by atoms with Crippen molar-refractivity contribution in [2.24, 2.45) is 5.92 Å². The number of rotatable bonds is 5. The van der Waals surface area contributed by atoms with Crippen molar-refractivity contribution in [3.05, 3.63) is 35.9 Å². The van der Waals surface area contributed by atoms with Crippen LogP contribution in [0.25, 0.3) is 0 Å². The van der Waals surface area contributed by atoms with Gasteiger partial charge in [-0.3, -0.25) is 4.79 Å². The second-order valence-corrected chi connectivity index (χ2v) is 5.74. The molecule has 1 amide bonds. The van der Waals surface area contributed by atoms with Gasteiger partial charge in [-0.1, -0.05) is 30.3 Å². The molecular weight excluding hydrogens is 298 g/mol. The van der Waals surface area contributed by atoms with E-state index in [0.29, 0.717) is 13.1 Å². The van der Waals surface area contributed by atoms with Gasteiger partial charge in [0.05, 0.1) is 19.6 Å². The van der Waals surface area contributed by atoms with Crippen molar-refractivity contribution in [2.75, 3.05) is 20.2 Å². The highest BCUT2D eigenvalue weighted by atomic mass is 16.6. The smallest absolute Gasteiger partial charge is 0.410 e. The van der Waals surface area contributed by atoms with Gasteiger partial charge in [0.15, 0.2) is 0 Å². The highest BCUT2D eigenvalue weighted by Crippen LogP contribution is 2.22. The average Bonchev–Trinajstić information content (AvgIpc) is 2.60. The number of methoxy groups -OCH3 is 1. The SMILES string of the molecule is COC(=O)C[C@@H](O)[C@@H]1CCCN(C(=O)OCc2ccccc2)C1. The summed E-state index contributed by atoms with van der Waals surface area (Å²) in [5, 5.41) is 10.1. The zero-order chi connectivity index (χ0) is 16.7. The Morgan fingerprint density at radius 3 is 2.78 bits per heavy atom. The largest absolute Gasteiger partial charge is 0.469 e. The van der Waals surface area contributed by atoms with Gasteiger partial charge in [0.2, 0.25) is 0 Å².